The van der Waals surface area contributed by atoms with Gasteiger partial charge in [-0.2, -0.15) is 0 Å². The van der Waals surface area contributed by atoms with E-state index in [1.54, 1.807) is 0 Å². The van der Waals surface area contributed by atoms with Gasteiger partial charge in [0.05, 0.1) is 0 Å². The summed E-state index contributed by atoms with van der Waals surface area (Å²) in [6, 6.07) is 0.842. The minimum atomic E-state index is 0.842. The molecule has 1 aliphatic heterocycles. The molecule has 2 aliphatic rings. The van der Waals surface area contributed by atoms with Crippen molar-refractivity contribution in [3.63, 3.8) is 0 Å². The van der Waals surface area contributed by atoms with E-state index in [0.29, 0.717) is 0 Å². The Kier molecular flexibility index (Phi) is 3.97. The first-order valence-electron chi connectivity index (χ1n) is 7.60. The first-order valence-corrected chi connectivity index (χ1v) is 7.60. The second kappa shape index (κ2) is 5.87. The van der Waals surface area contributed by atoms with Crippen molar-refractivity contribution < 1.29 is 0 Å². The Morgan fingerprint density at radius 2 is 1.58 bits per heavy atom. The average Bonchev–Trinajstić information content (AvgIpc) is 2.49. The maximum atomic E-state index is 4.44. The van der Waals surface area contributed by atoms with Crippen molar-refractivity contribution in [2.24, 2.45) is 0 Å². The zero-order valence-corrected chi connectivity index (χ0v) is 11.9. The van der Waals surface area contributed by atoms with Gasteiger partial charge in [-0.3, -0.25) is 4.90 Å². The molecule has 3 rings (SSSR count). The van der Waals surface area contributed by atoms with E-state index in [1.807, 2.05) is 19.3 Å². The van der Waals surface area contributed by atoms with Crippen molar-refractivity contribution in [2.45, 2.75) is 45.1 Å². The van der Waals surface area contributed by atoms with Crippen LogP contribution in [0.25, 0.3) is 0 Å². The number of hydrogen-bond donors (Lipinski definition) is 0. The van der Waals surface area contributed by atoms with Gasteiger partial charge in [0.1, 0.15) is 0 Å². The lowest BCUT2D eigenvalue weighted by Crippen LogP contribution is -2.51. The summed E-state index contributed by atoms with van der Waals surface area (Å²) in [5.74, 6) is 0.897. The highest BCUT2D eigenvalue weighted by molar-refractivity contribution is 5.30. The third-order valence-electron chi connectivity index (χ3n) is 4.46. The lowest BCUT2D eigenvalue weighted by molar-refractivity contribution is 0.147. The molecule has 0 N–H and O–H groups in total. The maximum absolute atomic E-state index is 4.44. The predicted molar refractivity (Wildman–Crippen MR) is 77.4 cm³/mol. The average molecular weight is 260 g/mol. The largest absolute Gasteiger partial charge is 0.338 e. The zero-order valence-electron chi connectivity index (χ0n) is 11.9. The molecule has 1 saturated carbocycles. The topological polar surface area (TPSA) is 32.3 Å². The van der Waals surface area contributed by atoms with Crippen molar-refractivity contribution in [1.29, 1.82) is 0 Å². The smallest absolute Gasteiger partial charge is 0.225 e. The monoisotopic (exact) mass is 260 g/mol. The van der Waals surface area contributed by atoms with E-state index in [4.69, 9.17) is 0 Å². The lowest BCUT2D eigenvalue weighted by Gasteiger charge is -2.40. The van der Waals surface area contributed by atoms with Crippen molar-refractivity contribution in [3.05, 3.63) is 18.0 Å². The molecule has 0 atom stereocenters. The van der Waals surface area contributed by atoms with Gasteiger partial charge in [0, 0.05) is 44.6 Å². The Labute approximate surface area is 115 Å². The van der Waals surface area contributed by atoms with Crippen LogP contribution in [0.1, 0.15) is 37.7 Å². The molecular formula is C15H24N4. The van der Waals surface area contributed by atoms with Gasteiger partial charge in [-0.05, 0) is 25.3 Å². The number of nitrogens with zero attached hydrogens (tertiary/aromatic N) is 4. The minimum Gasteiger partial charge on any atom is -0.338 e. The Hall–Kier alpha value is -1.16. The Balaban J connectivity index is 1.55. The van der Waals surface area contributed by atoms with Gasteiger partial charge >= 0.3 is 0 Å². The summed E-state index contributed by atoms with van der Waals surface area (Å²) < 4.78 is 0. The van der Waals surface area contributed by atoms with E-state index in [1.165, 1.54) is 45.2 Å². The Morgan fingerprint density at radius 3 is 2.21 bits per heavy atom. The van der Waals surface area contributed by atoms with E-state index in [0.717, 1.165) is 30.6 Å². The highest BCUT2D eigenvalue weighted by atomic mass is 15.3. The van der Waals surface area contributed by atoms with E-state index in [-0.39, 0.29) is 0 Å². The molecule has 2 heterocycles. The molecule has 0 spiro atoms. The first kappa shape index (κ1) is 12.9. The van der Waals surface area contributed by atoms with E-state index in [2.05, 4.69) is 19.8 Å². The van der Waals surface area contributed by atoms with Crippen LogP contribution in [0.3, 0.4) is 0 Å². The molecule has 4 nitrogen and oxygen atoms in total. The molecule has 0 aromatic carbocycles. The zero-order chi connectivity index (χ0) is 13.1. The van der Waals surface area contributed by atoms with Crippen LogP contribution in [-0.2, 0) is 0 Å². The Bertz CT molecular complexity index is 389. The van der Waals surface area contributed by atoms with Crippen molar-refractivity contribution in [3.8, 4) is 0 Å². The molecule has 0 amide bonds. The summed E-state index contributed by atoms with van der Waals surface area (Å²) in [5.41, 5.74) is 1.13. The molecule has 0 radical (unpaired) electrons. The molecule has 1 saturated heterocycles. The van der Waals surface area contributed by atoms with Crippen LogP contribution in [-0.4, -0.2) is 47.1 Å². The molecule has 104 valence electrons. The number of piperazine rings is 1. The van der Waals surface area contributed by atoms with Crippen LogP contribution in [0, 0.1) is 6.92 Å². The second-order valence-electron chi connectivity index (χ2n) is 5.88. The second-order valence-corrected chi connectivity index (χ2v) is 5.88. The minimum absolute atomic E-state index is 0.842. The maximum Gasteiger partial charge on any atom is 0.225 e. The van der Waals surface area contributed by atoms with Crippen LogP contribution in [0.5, 0.6) is 0 Å². The summed E-state index contributed by atoms with van der Waals surface area (Å²) in [5, 5.41) is 0. The van der Waals surface area contributed by atoms with Gasteiger partial charge in [-0.25, -0.2) is 9.97 Å². The fourth-order valence-electron chi connectivity index (χ4n) is 3.28. The standard InChI is InChI=1S/C15H24N4/c1-13-11-16-15(17-12-13)19-9-7-18(8-10-19)14-5-3-2-4-6-14/h11-12,14H,2-10H2,1H3. The third kappa shape index (κ3) is 3.06. The van der Waals surface area contributed by atoms with Gasteiger partial charge in [-0.1, -0.05) is 19.3 Å². The van der Waals surface area contributed by atoms with Crippen molar-refractivity contribution in [1.82, 2.24) is 14.9 Å². The van der Waals surface area contributed by atoms with E-state index < -0.39 is 0 Å². The normalized spacial score (nSPS) is 22.7. The summed E-state index contributed by atoms with van der Waals surface area (Å²) in [6.45, 7) is 6.51. The van der Waals surface area contributed by atoms with Crippen molar-refractivity contribution >= 4 is 5.95 Å². The molecule has 1 aromatic heterocycles. The molecule has 19 heavy (non-hydrogen) atoms. The van der Waals surface area contributed by atoms with E-state index in [9.17, 15) is 0 Å². The Morgan fingerprint density at radius 1 is 0.947 bits per heavy atom. The van der Waals surface area contributed by atoms with Gasteiger partial charge in [-0.15, -0.1) is 0 Å². The molecule has 0 bridgehead atoms. The number of aromatic nitrogens is 2. The van der Waals surface area contributed by atoms with Crippen LogP contribution in [0.2, 0.25) is 0 Å². The SMILES string of the molecule is Cc1cnc(N2CCN(C3CCCCC3)CC2)nc1. The summed E-state index contributed by atoms with van der Waals surface area (Å²) in [4.78, 5) is 13.9. The summed E-state index contributed by atoms with van der Waals surface area (Å²) >= 11 is 0. The predicted octanol–water partition coefficient (Wildman–Crippen LogP) is 2.24. The molecule has 1 aliphatic carbocycles. The number of hydrogen-bond acceptors (Lipinski definition) is 4. The van der Waals surface area contributed by atoms with E-state index >= 15 is 0 Å². The molecule has 4 heteroatoms. The van der Waals surface area contributed by atoms with Gasteiger partial charge in [0.25, 0.3) is 0 Å². The van der Waals surface area contributed by atoms with Gasteiger partial charge in [0.2, 0.25) is 5.95 Å². The highest BCUT2D eigenvalue weighted by Crippen LogP contribution is 2.24. The fraction of sp³-hybridized carbons (Fsp3) is 0.733. The van der Waals surface area contributed by atoms with Crippen LogP contribution >= 0.6 is 0 Å². The molecule has 0 unspecified atom stereocenters. The molecular weight excluding hydrogens is 236 g/mol. The molecule has 2 fully saturated rings. The highest BCUT2D eigenvalue weighted by Gasteiger charge is 2.25. The summed E-state index contributed by atoms with van der Waals surface area (Å²) in [7, 11) is 0. The number of aryl methyl sites for hydroxylation is 1. The van der Waals surface area contributed by atoms with Crippen LogP contribution in [0.15, 0.2) is 12.4 Å². The first-order chi connectivity index (χ1) is 9.33. The van der Waals surface area contributed by atoms with Crippen LogP contribution < -0.4 is 4.90 Å². The summed E-state index contributed by atoms with van der Waals surface area (Å²) in [6.07, 6.45) is 10.9. The third-order valence-corrected chi connectivity index (χ3v) is 4.46. The number of anilines is 1. The molecule has 1 aromatic rings. The fourth-order valence-corrected chi connectivity index (χ4v) is 3.28. The van der Waals surface area contributed by atoms with Gasteiger partial charge in [0.15, 0.2) is 0 Å². The van der Waals surface area contributed by atoms with Crippen LogP contribution in [0.4, 0.5) is 5.95 Å². The van der Waals surface area contributed by atoms with Gasteiger partial charge < -0.3 is 4.90 Å². The van der Waals surface area contributed by atoms with Crippen molar-refractivity contribution in [2.75, 3.05) is 31.1 Å². The quantitative estimate of drug-likeness (QED) is 0.816. The number of rotatable bonds is 2. The lowest BCUT2D eigenvalue weighted by atomic mass is 9.94.